The fourth-order valence-electron chi connectivity index (χ4n) is 2.99. The molecule has 0 aliphatic heterocycles. The number of hydrogen-bond donors (Lipinski definition) is 0. The Bertz CT molecular complexity index is 956. The number of carbonyl (C=O) groups excluding carboxylic acids is 1. The van der Waals surface area contributed by atoms with Gasteiger partial charge in [0.1, 0.15) is 29.6 Å². The SMILES string of the molecule is CC(C)(C)OC(=O)c1cc(C2CC2)c(COc2cc(F)cc(C(F)(F)F)c2)cc1F. The molecule has 2 aromatic carbocycles. The van der Waals surface area contributed by atoms with Crippen molar-refractivity contribution in [3.8, 4) is 5.75 Å². The van der Waals surface area contributed by atoms with Crippen LogP contribution in [-0.4, -0.2) is 11.6 Å². The van der Waals surface area contributed by atoms with E-state index in [1.54, 1.807) is 20.8 Å². The minimum absolute atomic E-state index is 0.101. The van der Waals surface area contributed by atoms with Gasteiger partial charge in [-0.25, -0.2) is 13.6 Å². The van der Waals surface area contributed by atoms with Crippen molar-refractivity contribution in [2.45, 2.75) is 57.9 Å². The van der Waals surface area contributed by atoms with Gasteiger partial charge in [0.05, 0.1) is 11.1 Å². The Morgan fingerprint density at radius 1 is 1.03 bits per heavy atom. The first-order chi connectivity index (χ1) is 13.8. The molecule has 30 heavy (non-hydrogen) atoms. The van der Waals surface area contributed by atoms with Crippen molar-refractivity contribution in [3.63, 3.8) is 0 Å². The van der Waals surface area contributed by atoms with Crippen LogP contribution in [0.5, 0.6) is 5.75 Å². The molecule has 0 radical (unpaired) electrons. The summed E-state index contributed by atoms with van der Waals surface area (Å²) in [7, 11) is 0. The molecule has 0 spiro atoms. The number of esters is 1. The van der Waals surface area contributed by atoms with E-state index < -0.39 is 34.9 Å². The molecular formula is C22H21F5O3. The second kappa shape index (κ2) is 7.89. The van der Waals surface area contributed by atoms with E-state index in [1.165, 1.54) is 6.07 Å². The number of benzene rings is 2. The van der Waals surface area contributed by atoms with E-state index in [9.17, 15) is 26.7 Å². The van der Waals surface area contributed by atoms with Crippen LogP contribution in [0, 0.1) is 11.6 Å². The van der Waals surface area contributed by atoms with Gasteiger partial charge in [-0.2, -0.15) is 13.2 Å². The van der Waals surface area contributed by atoms with Crippen LogP contribution in [0.15, 0.2) is 30.3 Å². The van der Waals surface area contributed by atoms with Gasteiger partial charge in [-0.3, -0.25) is 0 Å². The lowest BCUT2D eigenvalue weighted by molar-refractivity contribution is -0.137. The highest BCUT2D eigenvalue weighted by Gasteiger charge is 2.32. The summed E-state index contributed by atoms with van der Waals surface area (Å²) < 4.78 is 77.3. The summed E-state index contributed by atoms with van der Waals surface area (Å²) in [6.07, 6.45) is -3.05. The van der Waals surface area contributed by atoms with Crippen molar-refractivity contribution in [1.82, 2.24) is 0 Å². The zero-order chi connectivity index (χ0) is 22.3. The Kier molecular flexibility index (Phi) is 5.80. The van der Waals surface area contributed by atoms with Gasteiger partial charge >= 0.3 is 12.1 Å². The van der Waals surface area contributed by atoms with E-state index in [0.717, 1.165) is 25.0 Å². The van der Waals surface area contributed by atoms with E-state index in [-0.39, 0.29) is 23.8 Å². The lowest BCUT2D eigenvalue weighted by Gasteiger charge is -2.20. The van der Waals surface area contributed by atoms with Crippen molar-refractivity contribution >= 4 is 5.97 Å². The van der Waals surface area contributed by atoms with Crippen LogP contribution in [0.1, 0.15) is 66.6 Å². The molecule has 0 saturated heterocycles. The van der Waals surface area contributed by atoms with Crippen LogP contribution in [0.4, 0.5) is 22.0 Å². The van der Waals surface area contributed by atoms with E-state index in [0.29, 0.717) is 23.3 Å². The fraction of sp³-hybridized carbons (Fsp3) is 0.409. The molecule has 1 saturated carbocycles. The van der Waals surface area contributed by atoms with Crippen molar-refractivity contribution in [3.05, 3.63) is 64.2 Å². The third-order valence-electron chi connectivity index (χ3n) is 4.46. The predicted octanol–water partition coefficient (Wildman–Crippen LogP) is 6.40. The van der Waals surface area contributed by atoms with Gasteiger partial charge in [-0.15, -0.1) is 0 Å². The third kappa shape index (κ3) is 5.49. The molecule has 0 amide bonds. The summed E-state index contributed by atoms with van der Waals surface area (Å²) in [6.45, 7) is 4.74. The Balaban J connectivity index is 1.86. The van der Waals surface area contributed by atoms with Gasteiger partial charge in [0.2, 0.25) is 0 Å². The molecule has 0 heterocycles. The minimum Gasteiger partial charge on any atom is -0.489 e. The maximum absolute atomic E-state index is 14.6. The van der Waals surface area contributed by atoms with Gasteiger partial charge in [0.25, 0.3) is 0 Å². The lowest BCUT2D eigenvalue weighted by Crippen LogP contribution is -2.24. The zero-order valence-corrected chi connectivity index (χ0v) is 16.7. The van der Waals surface area contributed by atoms with Crippen LogP contribution in [0.25, 0.3) is 0 Å². The van der Waals surface area contributed by atoms with Crippen molar-refractivity contribution < 1.29 is 36.2 Å². The third-order valence-corrected chi connectivity index (χ3v) is 4.46. The Morgan fingerprint density at radius 3 is 2.27 bits per heavy atom. The fourth-order valence-corrected chi connectivity index (χ4v) is 2.99. The summed E-state index contributed by atoms with van der Waals surface area (Å²) >= 11 is 0. The summed E-state index contributed by atoms with van der Waals surface area (Å²) in [5, 5.41) is 0. The second-order valence-electron chi connectivity index (χ2n) is 8.27. The Labute approximate surface area is 170 Å². The molecule has 0 atom stereocenters. The molecule has 1 aliphatic carbocycles. The minimum atomic E-state index is -4.72. The van der Waals surface area contributed by atoms with Gasteiger partial charge in [-0.05, 0) is 74.9 Å². The molecule has 1 fully saturated rings. The molecular weight excluding hydrogens is 407 g/mol. The number of hydrogen-bond acceptors (Lipinski definition) is 3. The van der Waals surface area contributed by atoms with Gasteiger partial charge < -0.3 is 9.47 Å². The van der Waals surface area contributed by atoms with Gasteiger partial charge in [0, 0.05) is 6.07 Å². The monoisotopic (exact) mass is 428 g/mol. The smallest absolute Gasteiger partial charge is 0.416 e. The van der Waals surface area contributed by atoms with Crippen molar-refractivity contribution in [1.29, 1.82) is 0 Å². The topological polar surface area (TPSA) is 35.5 Å². The van der Waals surface area contributed by atoms with Crippen molar-refractivity contribution in [2.75, 3.05) is 0 Å². The molecule has 0 unspecified atom stereocenters. The van der Waals surface area contributed by atoms with E-state index >= 15 is 0 Å². The molecule has 3 nitrogen and oxygen atoms in total. The average Bonchev–Trinajstić information content (AvgIpc) is 3.42. The molecule has 0 bridgehead atoms. The van der Waals surface area contributed by atoms with Crippen LogP contribution in [0.2, 0.25) is 0 Å². The number of carbonyl (C=O) groups is 1. The van der Waals surface area contributed by atoms with E-state index in [4.69, 9.17) is 9.47 Å². The van der Waals surface area contributed by atoms with Crippen LogP contribution < -0.4 is 4.74 Å². The predicted molar refractivity (Wildman–Crippen MR) is 99.3 cm³/mol. The van der Waals surface area contributed by atoms with E-state index in [1.807, 2.05) is 0 Å². The number of ether oxygens (including phenoxy) is 2. The molecule has 2 aromatic rings. The Morgan fingerprint density at radius 2 is 1.70 bits per heavy atom. The van der Waals surface area contributed by atoms with Gasteiger partial charge in [-0.1, -0.05) is 0 Å². The van der Waals surface area contributed by atoms with E-state index in [2.05, 4.69) is 0 Å². The molecule has 0 N–H and O–H groups in total. The zero-order valence-electron chi connectivity index (χ0n) is 16.7. The Hall–Kier alpha value is -2.64. The first-order valence-corrected chi connectivity index (χ1v) is 9.40. The quantitative estimate of drug-likeness (QED) is 0.409. The maximum Gasteiger partial charge on any atom is 0.416 e. The highest BCUT2D eigenvalue weighted by Crippen LogP contribution is 2.43. The lowest BCUT2D eigenvalue weighted by atomic mass is 9.99. The largest absolute Gasteiger partial charge is 0.489 e. The standard InChI is InChI=1S/C22H21F5O3/c1-21(2,3)30-20(28)18-10-17(12-4-5-12)13(6-19(18)24)11-29-16-8-14(22(25,26)27)7-15(23)9-16/h6-10,12H,4-5,11H2,1-3H3. The van der Waals surface area contributed by atoms with Gasteiger partial charge in [0.15, 0.2) is 0 Å². The molecule has 3 rings (SSSR count). The first kappa shape index (κ1) is 22.1. The molecule has 1 aliphatic rings. The van der Waals surface area contributed by atoms with Crippen LogP contribution in [0.3, 0.4) is 0 Å². The highest BCUT2D eigenvalue weighted by atomic mass is 19.4. The number of rotatable bonds is 5. The van der Waals surface area contributed by atoms with Crippen molar-refractivity contribution in [2.24, 2.45) is 0 Å². The van der Waals surface area contributed by atoms with Crippen LogP contribution in [-0.2, 0) is 17.5 Å². The van der Waals surface area contributed by atoms with Crippen LogP contribution >= 0.6 is 0 Å². The second-order valence-corrected chi connectivity index (χ2v) is 8.27. The number of alkyl halides is 3. The summed E-state index contributed by atoms with van der Waals surface area (Å²) in [4.78, 5) is 12.3. The average molecular weight is 428 g/mol. The summed E-state index contributed by atoms with van der Waals surface area (Å²) in [6, 6.07) is 4.42. The molecule has 8 heteroatoms. The molecule has 162 valence electrons. The highest BCUT2D eigenvalue weighted by molar-refractivity contribution is 5.90. The molecule has 0 aromatic heterocycles. The summed E-state index contributed by atoms with van der Waals surface area (Å²) in [5.74, 6) is -2.92. The first-order valence-electron chi connectivity index (χ1n) is 9.40. The number of halogens is 5. The maximum atomic E-state index is 14.6. The normalized spacial score (nSPS) is 14.5. The summed E-state index contributed by atoms with van der Waals surface area (Å²) in [5.41, 5.74) is -1.12.